The molecule has 0 aliphatic carbocycles. The van der Waals surface area contributed by atoms with Gasteiger partial charge in [0.2, 0.25) is 0 Å². The molecule has 1 aliphatic rings. The number of carbonyl (C=O) groups excluding carboxylic acids is 2. The van der Waals surface area contributed by atoms with Crippen LogP contribution in [-0.4, -0.2) is 40.5 Å². The Hall–Kier alpha value is -2.03. The van der Waals surface area contributed by atoms with Gasteiger partial charge in [-0.1, -0.05) is 6.07 Å². The van der Waals surface area contributed by atoms with E-state index in [0.717, 1.165) is 22.1 Å². The number of hydrogen-bond acceptors (Lipinski definition) is 2. The summed E-state index contributed by atoms with van der Waals surface area (Å²) >= 11 is 2.25. The maximum atomic E-state index is 12.6. The summed E-state index contributed by atoms with van der Waals surface area (Å²) in [6, 6.07) is 11.3. The van der Waals surface area contributed by atoms with Gasteiger partial charge in [-0.25, -0.2) is 4.79 Å². The molecule has 6 nitrogen and oxygen atoms in total. The number of nitrogens with zero attached hydrogens (tertiary/aromatic N) is 2. The number of likely N-dealkylation sites (tertiary alicyclic amines) is 1. The molecule has 1 fully saturated rings. The largest absolute Gasteiger partial charge is 0.351 e. The summed E-state index contributed by atoms with van der Waals surface area (Å²) in [6.45, 7) is 1.16. The quantitative estimate of drug-likeness (QED) is 0.722. The number of benzene rings is 1. The van der Waals surface area contributed by atoms with Gasteiger partial charge in [0, 0.05) is 34.6 Å². The summed E-state index contributed by atoms with van der Waals surface area (Å²) in [6.07, 6.45) is 3.33. The smallest absolute Gasteiger partial charge is 0.314 e. The minimum Gasteiger partial charge on any atom is -0.351 e. The van der Waals surface area contributed by atoms with E-state index in [-0.39, 0.29) is 11.9 Å². The zero-order valence-corrected chi connectivity index (χ0v) is 15.3. The zero-order valence-electron chi connectivity index (χ0n) is 13.1. The maximum Gasteiger partial charge on any atom is 0.314 e. The topological polar surface area (TPSA) is 80.4 Å². The van der Waals surface area contributed by atoms with Crippen LogP contribution in [0.4, 0.5) is 4.79 Å². The van der Waals surface area contributed by atoms with E-state index in [4.69, 9.17) is 5.73 Å². The number of primary amides is 1. The highest BCUT2D eigenvalue weighted by Gasteiger charge is 2.23. The van der Waals surface area contributed by atoms with Gasteiger partial charge in [-0.3, -0.25) is 4.79 Å². The average molecular weight is 438 g/mol. The van der Waals surface area contributed by atoms with E-state index in [2.05, 4.69) is 27.9 Å². The second-order valence-electron chi connectivity index (χ2n) is 5.82. The number of halogens is 1. The molecule has 2 aromatic rings. The van der Waals surface area contributed by atoms with Crippen LogP contribution in [0.1, 0.15) is 23.3 Å². The minimum absolute atomic E-state index is 0.0624. The highest BCUT2D eigenvalue weighted by Crippen LogP contribution is 2.17. The summed E-state index contributed by atoms with van der Waals surface area (Å²) in [5.41, 5.74) is 6.85. The first kappa shape index (κ1) is 16.8. The van der Waals surface area contributed by atoms with Crippen molar-refractivity contribution in [3.8, 4) is 5.69 Å². The summed E-state index contributed by atoms with van der Waals surface area (Å²) in [5.74, 6) is -0.101. The Labute approximate surface area is 154 Å². The summed E-state index contributed by atoms with van der Waals surface area (Å²) < 4.78 is 3.00. The van der Waals surface area contributed by atoms with Crippen molar-refractivity contribution in [2.45, 2.75) is 18.9 Å². The van der Waals surface area contributed by atoms with Gasteiger partial charge in [-0.15, -0.1) is 0 Å². The minimum atomic E-state index is -0.396. The van der Waals surface area contributed by atoms with Crippen LogP contribution in [0, 0.1) is 3.57 Å². The standard InChI is InChI=1S/C17H19IN4O2/c18-12-3-1-4-14(11-12)22-8-2-5-15(22)16(23)20-13-6-9-21(10-7-13)17(19)24/h1-5,8,11,13H,6-7,9-10H2,(H2,19,24)(H,20,23). The van der Waals surface area contributed by atoms with Crippen LogP contribution in [0.2, 0.25) is 0 Å². The second-order valence-corrected chi connectivity index (χ2v) is 7.06. The molecule has 1 saturated heterocycles. The van der Waals surface area contributed by atoms with Crippen LogP contribution in [0.3, 0.4) is 0 Å². The van der Waals surface area contributed by atoms with Gasteiger partial charge in [-0.05, 0) is 65.8 Å². The first-order chi connectivity index (χ1) is 11.5. The Morgan fingerprint density at radius 2 is 1.92 bits per heavy atom. The molecule has 7 heteroatoms. The number of rotatable bonds is 3. The van der Waals surface area contributed by atoms with E-state index >= 15 is 0 Å². The molecule has 2 heterocycles. The van der Waals surface area contributed by atoms with Crippen LogP contribution >= 0.6 is 22.6 Å². The van der Waals surface area contributed by atoms with Crippen molar-refractivity contribution >= 4 is 34.5 Å². The van der Waals surface area contributed by atoms with Gasteiger partial charge in [0.15, 0.2) is 0 Å². The molecule has 3 rings (SSSR count). The van der Waals surface area contributed by atoms with Gasteiger partial charge < -0.3 is 20.5 Å². The number of urea groups is 1. The van der Waals surface area contributed by atoms with E-state index < -0.39 is 6.03 Å². The van der Waals surface area contributed by atoms with Crippen LogP contribution < -0.4 is 11.1 Å². The van der Waals surface area contributed by atoms with Crippen molar-refractivity contribution in [2.24, 2.45) is 5.73 Å². The average Bonchev–Trinajstić information content (AvgIpc) is 3.05. The molecule has 3 amide bonds. The first-order valence-corrected chi connectivity index (χ1v) is 8.91. The fourth-order valence-corrected chi connectivity index (χ4v) is 3.45. The highest BCUT2D eigenvalue weighted by atomic mass is 127. The monoisotopic (exact) mass is 438 g/mol. The van der Waals surface area contributed by atoms with Crippen molar-refractivity contribution in [3.63, 3.8) is 0 Å². The van der Waals surface area contributed by atoms with E-state index in [1.165, 1.54) is 0 Å². The molecular weight excluding hydrogens is 419 g/mol. The molecule has 0 saturated carbocycles. The second kappa shape index (κ2) is 7.25. The molecule has 1 aromatic carbocycles. The predicted octanol–water partition coefficient (Wildman–Crippen LogP) is 2.35. The van der Waals surface area contributed by atoms with Crippen molar-refractivity contribution in [3.05, 3.63) is 51.9 Å². The lowest BCUT2D eigenvalue weighted by molar-refractivity contribution is 0.0912. The van der Waals surface area contributed by atoms with Crippen LogP contribution in [-0.2, 0) is 0 Å². The molecule has 0 atom stereocenters. The van der Waals surface area contributed by atoms with Gasteiger partial charge in [0.25, 0.3) is 5.91 Å². The molecule has 0 bridgehead atoms. The Bertz CT molecular complexity index is 751. The number of amides is 3. The van der Waals surface area contributed by atoms with E-state index in [0.29, 0.717) is 18.8 Å². The Kier molecular flexibility index (Phi) is 5.08. The molecule has 0 spiro atoms. The molecule has 0 unspecified atom stereocenters. The summed E-state index contributed by atoms with van der Waals surface area (Å²) in [7, 11) is 0. The maximum absolute atomic E-state index is 12.6. The number of piperidine rings is 1. The number of aromatic nitrogens is 1. The molecule has 1 aliphatic heterocycles. The lowest BCUT2D eigenvalue weighted by Crippen LogP contribution is -2.48. The van der Waals surface area contributed by atoms with Crippen molar-refractivity contribution in [1.29, 1.82) is 0 Å². The fraction of sp³-hybridized carbons (Fsp3) is 0.294. The SMILES string of the molecule is NC(=O)N1CCC(NC(=O)c2cccn2-c2cccc(I)c2)CC1. The fourth-order valence-electron chi connectivity index (χ4n) is 2.92. The number of hydrogen-bond donors (Lipinski definition) is 2. The van der Waals surface area contributed by atoms with Gasteiger partial charge in [0.05, 0.1) is 0 Å². The molecule has 126 valence electrons. The third-order valence-electron chi connectivity index (χ3n) is 4.21. The molecule has 1 aromatic heterocycles. The zero-order chi connectivity index (χ0) is 17.1. The lowest BCUT2D eigenvalue weighted by atomic mass is 10.1. The summed E-state index contributed by atoms with van der Waals surface area (Å²) in [5, 5.41) is 3.07. The molecular formula is C17H19IN4O2. The van der Waals surface area contributed by atoms with Crippen LogP contribution in [0.15, 0.2) is 42.6 Å². The van der Waals surface area contributed by atoms with Crippen molar-refractivity contribution in [1.82, 2.24) is 14.8 Å². The molecule has 24 heavy (non-hydrogen) atoms. The Morgan fingerprint density at radius 3 is 2.58 bits per heavy atom. The van der Waals surface area contributed by atoms with Gasteiger partial charge in [-0.2, -0.15) is 0 Å². The number of nitrogens with two attached hydrogens (primary N) is 1. The normalized spacial score (nSPS) is 15.3. The van der Waals surface area contributed by atoms with Crippen LogP contribution in [0.25, 0.3) is 5.69 Å². The highest BCUT2D eigenvalue weighted by molar-refractivity contribution is 14.1. The van der Waals surface area contributed by atoms with Gasteiger partial charge in [0.1, 0.15) is 5.69 Å². The van der Waals surface area contributed by atoms with E-state index in [1.54, 1.807) is 4.90 Å². The molecule has 0 radical (unpaired) electrons. The number of carbonyl (C=O) groups is 2. The van der Waals surface area contributed by atoms with E-state index in [9.17, 15) is 9.59 Å². The first-order valence-electron chi connectivity index (χ1n) is 7.83. The summed E-state index contributed by atoms with van der Waals surface area (Å²) in [4.78, 5) is 25.4. The third kappa shape index (κ3) is 3.72. The Balaban J connectivity index is 1.69. The van der Waals surface area contributed by atoms with Crippen LogP contribution in [0.5, 0.6) is 0 Å². The van der Waals surface area contributed by atoms with E-state index in [1.807, 2.05) is 47.2 Å². The van der Waals surface area contributed by atoms with Crippen molar-refractivity contribution in [2.75, 3.05) is 13.1 Å². The lowest BCUT2D eigenvalue weighted by Gasteiger charge is -2.31. The van der Waals surface area contributed by atoms with Gasteiger partial charge >= 0.3 is 6.03 Å². The number of nitrogens with one attached hydrogen (secondary N) is 1. The molecule has 3 N–H and O–H groups in total. The predicted molar refractivity (Wildman–Crippen MR) is 100 cm³/mol. The third-order valence-corrected chi connectivity index (χ3v) is 4.88. The Morgan fingerprint density at radius 1 is 1.17 bits per heavy atom. The van der Waals surface area contributed by atoms with Crippen molar-refractivity contribution < 1.29 is 9.59 Å².